The molecule has 0 saturated heterocycles. The summed E-state index contributed by atoms with van der Waals surface area (Å²) in [6.07, 6.45) is 0. The summed E-state index contributed by atoms with van der Waals surface area (Å²) in [6, 6.07) is 99.0. The summed E-state index contributed by atoms with van der Waals surface area (Å²) >= 11 is 0. The fraction of sp³-hybridized carbons (Fsp3) is 0.130. The van der Waals surface area contributed by atoms with E-state index in [2.05, 4.69) is 262 Å². The molecule has 0 radical (unpaired) electrons. The molecular weight excluding hydrogens is 1210 g/mol. The van der Waals surface area contributed by atoms with Crippen molar-refractivity contribution in [3.8, 4) is 90.6 Å². The second kappa shape index (κ2) is 22.4. The molecule has 7 nitrogen and oxygen atoms in total. The molecule has 0 amide bonds. The van der Waals surface area contributed by atoms with E-state index in [-0.39, 0.29) is 21.7 Å². The summed E-state index contributed by atoms with van der Waals surface area (Å²) in [7, 11) is 0. The second-order valence-corrected chi connectivity index (χ2v) is 29.0. The highest BCUT2D eigenvalue weighted by molar-refractivity contribution is 6.13. The van der Waals surface area contributed by atoms with Crippen LogP contribution >= 0.6 is 0 Å². The number of para-hydroxylation sites is 1. The smallest absolute Gasteiger partial charge is 0.164 e. The normalized spacial score (nSPS) is 14.6. The highest BCUT2D eigenvalue weighted by atomic mass is 16.3. The number of benzene rings is 14. The van der Waals surface area contributed by atoms with Crippen LogP contribution in [0.15, 0.2) is 283 Å². The van der Waals surface area contributed by atoms with Crippen molar-refractivity contribution in [2.45, 2.75) is 77.0 Å². The third-order valence-electron chi connectivity index (χ3n) is 22.7. The predicted molar refractivity (Wildman–Crippen MR) is 410 cm³/mol. The Kier molecular flexibility index (Phi) is 13.5. The SMILES string of the molecule is CC1(C)c2ccccc2-c2ccc3c(ccc4cc(-c5nc(-c6ccccc6)nc(-c6ccc7ccccc7c6)n5)ccc43)c2C1(C)C.CC1(C)c2ccccc2-c2ccc3c(ccc4ccc(-c5nc(-c6ccccc6)nc(-c6ccc7c(c6)oc6ccccc67)n5)cc43)c2C1(C)C. The van der Waals surface area contributed by atoms with Gasteiger partial charge < -0.3 is 4.42 Å². The van der Waals surface area contributed by atoms with Gasteiger partial charge in [-0.3, -0.25) is 0 Å². The molecule has 0 bridgehead atoms. The van der Waals surface area contributed by atoms with Crippen molar-refractivity contribution in [1.29, 1.82) is 0 Å². The molecule has 0 N–H and O–H groups in total. The van der Waals surface area contributed by atoms with Crippen molar-refractivity contribution in [3.05, 3.63) is 301 Å². The summed E-state index contributed by atoms with van der Waals surface area (Å²) in [5, 5.41) is 14.4. The molecule has 14 aromatic carbocycles. The molecule has 0 atom stereocenters. The van der Waals surface area contributed by atoms with Crippen LogP contribution in [0.4, 0.5) is 0 Å². The number of hydrogen-bond acceptors (Lipinski definition) is 7. The fourth-order valence-electron chi connectivity index (χ4n) is 16.1. The lowest BCUT2D eigenvalue weighted by Crippen LogP contribution is -2.43. The number of aromatic nitrogens is 6. The summed E-state index contributed by atoms with van der Waals surface area (Å²) < 4.78 is 6.25. The van der Waals surface area contributed by atoms with E-state index < -0.39 is 0 Å². The van der Waals surface area contributed by atoms with Gasteiger partial charge in [0, 0.05) is 55.0 Å². The number of fused-ring (bicyclic) bond motifs is 18. The van der Waals surface area contributed by atoms with Crippen LogP contribution in [0.25, 0.3) is 166 Å². The van der Waals surface area contributed by atoms with E-state index in [4.69, 9.17) is 34.3 Å². The first-order valence-electron chi connectivity index (χ1n) is 34.3. The van der Waals surface area contributed by atoms with Crippen LogP contribution in [-0.4, -0.2) is 29.9 Å². The second-order valence-electron chi connectivity index (χ2n) is 29.0. The van der Waals surface area contributed by atoms with Gasteiger partial charge in [-0.25, -0.2) is 29.9 Å². The third kappa shape index (κ3) is 9.46. The van der Waals surface area contributed by atoms with Crippen molar-refractivity contribution in [2.75, 3.05) is 0 Å². The molecule has 0 spiro atoms. The van der Waals surface area contributed by atoms with E-state index in [1.54, 1.807) is 0 Å². The third-order valence-corrected chi connectivity index (χ3v) is 22.7. The molecule has 17 aromatic rings. The summed E-state index contributed by atoms with van der Waals surface area (Å²) in [5.74, 6) is 3.87. The van der Waals surface area contributed by atoms with Gasteiger partial charge in [-0.1, -0.05) is 298 Å². The molecule has 0 saturated carbocycles. The molecular formula is C92H70N6O. The quantitative estimate of drug-likeness (QED) is 0.153. The summed E-state index contributed by atoms with van der Waals surface area (Å²) in [4.78, 5) is 30.3. The minimum absolute atomic E-state index is 0.0262. The van der Waals surface area contributed by atoms with E-state index in [9.17, 15) is 0 Å². The van der Waals surface area contributed by atoms with Crippen LogP contribution < -0.4 is 0 Å². The van der Waals surface area contributed by atoms with Crippen LogP contribution in [0, 0.1) is 0 Å². The molecule has 0 aliphatic heterocycles. The molecule has 19 rings (SSSR count). The van der Waals surface area contributed by atoms with Crippen molar-refractivity contribution in [2.24, 2.45) is 0 Å². The van der Waals surface area contributed by atoms with Gasteiger partial charge in [0.05, 0.1) is 0 Å². The Labute approximate surface area is 575 Å². The molecule has 0 fully saturated rings. The lowest BCUT2D eigenvalue weighted by atomic mass is 9.55. The zero-order chi connectivity index (χ0) is 67.1. The average molecular weight is 1280 g/mol. The Hall–Kier alpha value is -11.8. The van der Waals surface area contributed by atoms with Gasteiger partial charge in [0.2, 0.25) is 0 Å². The maximum absolute atomic E-state index is 6.25. The van der Waals surface area contributed by atoms with E-state index in [0.29, 0.717) is 34.9 Å². The van der Waals surface area contributed by atoms with Crippen LogP contribution in [0.1, 0.15) is 77.6 Å². The van der Waals surface area contributed by atoms with Gasteiger partial charge in [0.15, 0.2) is 34.9 Å². The molecule has 474 valence electrons. The number of nitrogens with zero attached hydrogens (tertiary/aromatic N) is 6. The molecule has 99 heavy (non-hydrogen) atoms. The monoisotopic (exact) mass is 1270 g/mol. The highest BCUT2D eigenvalue weighted by Crippen LogP contribution is 2.58. The standard InChI is InChI=1S/C47H35N3O.C45H35N3/c1-46(2)39-16-10-8-14-33(39)37-25-24-32-36(42(37)47(46,3)4)23-20-28-18-19-30(26-38(28)32)44-48-43(29-12-6-5-7-13-29)49-45(50-44)31-21-22-35-34-15-9-11-17-40(34)51-41(35)27-31;1-44(2)39-17-11-10-16-36(39)38-25-24-35-34-22-21-33(27-31(34)20-23-37(35)40(38)45(44,3)4)43-47-41(29-13-6-5-7-14-29)46-42(48-43)32-19-18-28-12-8-9-15-30(28)26-32/h5-27H,1-4H3;5-27H,1-4H3. The molecule has 7 heteroatoms. The minimum Gasteiger partial charge on any atom is -0.456 e. The zero-order valence-electron chi connectivity index (χ0n) is 56.6. The first-order valence-corrected chi connectivity index (χ1v) is 34.3. The van der Waals surface area contributed by atoms with E-state index in [1.165, 1.54) is 93.0 Å². The fourth-order valence-corrected chi connectivity index (χ4v) is 16.1. The van der Waals surface area contributed by atoms with Crippen molar-refractivity contribution in [1.82, 2.24) is 29.9 Å². The molecule has 3 heterocycles. The topological polar surface area (TPSA) is 90.5 Å². The molecule has 0 unspecified atom stereocenters. The highest BCUT2D eigenvalue weighted by Gasteiger charge is 2.48. The van der Waals surface area contributed by atoms with E-state index in [0.717, 1.165) is 60.7 Å². The largest absolute Gasteiger partial charge is 0.456 e. The Morgan fingerprint density at radius 2 is 0.586 bits per heavy atom. The van der Waals surface area contributed by atoms with Crippen LogP contribution in [0.2, 0.25) is 0 Å². The molecule has 3 aromatic heterocycles. The van der Waals surface area contributed by atoms with Gasteiger partial charge in [-0.15, -0.1) is 0 Å². The predicted octanol–water partition coefficient (Wildman–Crippen LogP) is 23.9. The first kappa shape index (κ1) is 59.7. The summed E-state index contributed by atoms with van der Waals surface area (Å²) in [5.41, 5.74) is 18.1. The number of hydrogen-bond donors (Lipinski definition) is 0. The molecule has 2 aliphatic rings. The van der Waals surface area contributed by atoms with Crippen molar-refractivity contribution in [3.63, 3.8) is 0 Å². The first-order chi connectivity index (χ1) is 48.1. The van der Waals surface area contributed by atoms with E-state index in [1.807, 2.05) is 72.8 Å². The van der Waals surface area contributed by atoms with Gasteiger partial charge in [0.25, 0.3) is 0 Å². The summed E-state index contributed by atoms with van der Waals surface area (Å²) in [6.45, 7) is 19.2. The Morgan fingerprint density at radius 1 is 0.212 bits per heavy atom. The lowest BCUT2D eigenvalue weighted by Gasteiger charge is -2.48. The maximum Gasteiger partial charge on any atom is 0.164 e. The van der Waals surface area contributed by atoms with Gasteiger partial charge in [0.1, 0.15) is 11.2 Å². The number of rotatable bonds is 6. The van der Waals surface area contributed by atoms with Gasteiger partial charge in [-0.05, 0) is 146 Å². The molecule has 2 aliphatic carbocycles. The van der Waals surface area contributed by atoms with Gasteiger partial charge in [-0.2, -0.15) is 0 Å². The van der Waals surface area contributed by atoms with Crippen LogP contribution in [0.5, 0.6) is 0 Å². The average Bonchev–Trinajstić information content (AvgIpc) is 1.29. The Bertz CT molecular complexity index is 6180. The zero-order valence-corrected chi connectivity index (χ0v) is 56.6. The Balaban J connectivity index is 0.000000143. The van der Waals surface area contributed by atoms with Gasteiger partial charge >= 0.3 is 0 Å². The van der Waals surface area contributed by atoms with Crippen LogP contribution in [-0.2, 0) is 21.7 Å². The number of furan rings is 1. The van der Waals surface area contributed by atoms with E-state index >= 15 is 0 Å². The van der Waals surface area contributed by atoms with Crippen molar-refractivity contribution >= 4 is 75.8 Å². The van der Waals surface area contributed by atoms with Crippen molar-refractivity contribution < 1.29 is 4.42 Å². The lowest BCUT2D eigenvalue weighted by molar-refractivity contribution is 0.301. The Morgan fingerprint density at radius 3 is 1.15 bits per heavy atom. The maximum atomic E-state index is 6.25. The van der Waals surface area contributed by atoms with Crippen LogP contribution in [0.3, 0.4) is 0 Å². The minimum atomic E-state index is -0.101.